The molecule has 1 atom stereocenters. The molecule has 1 rings (SSSR count). The Morgan fingerprint density at radius 2 is 2.14 bits per heavy atom. The molecule has 1 N–H and O–H groups in total. The number of nitriles is 1. The highest BCUT2D eigenvalue weighted by Gasteiger charge is 2.13. The third-order valence-electron chi connectivity index (χ3n) is 2.03. The summed E-state index contributed by atoms with van der Waals surface area (Å²) >= 11 is 0. The fraction of sp³-hybridized carbons (Fsp3) is 0.273. The quantitative estimate of drug-likeness (QED) is 0.729. The lowest BCUT2D eigenvalue weighted by atomic mass is 10.0. The molecule has 1 aromatic carbocycles. The zero-order valence-electron chi connectivity index (χ0n) is 8.03. The van der Waals surface area contributed by atoms with Gasteiger partial charge in [-0.3, -0.25) is 4.79 Å². The molecule has 1 amide bonds. The van der Waals surface area contributed by atoms with Gasteiger partial charge in [-0.2, -0.15) is 5.26 Å². The Kier molecular flexibility index (Phi) is 3.69. The molecule has 0 aliphatic rings. The lowest BCUT2D eigenvalue weighted by molar-refractivity contribution is -0.121. The van der Waals surface area contributed by atoms with Gasteiger partial charge in [-0.25, -0.2) is 0 Å². The van der Waals surface area contributed by atoms with Crippen molar-refractivity contribution in [3.63, 3.8) is 0 Å². The number of nitrogens with zero attached hydrogens (tertiary/aromatic N) is 1. The summed E-state index contributed by atoms with van der Waals surface area (Å²) in [6.45, 7) is 1.89. The molecule has 0 aliphatic heterocycles. The summed E-state index contributed by atoms with van der Waals surface area (Å²) in [4.78, 5) is 11.4. The Morgan fingerprint density at radius 3 is 2.71 bits per heavy atom. The Balaban J connectivity index is 2.62. The lowest BCUT2D eigenvalue weighted by Crippen LogP contribution is -2.28. The Bertz CT molecular complexity index is 340. The molecule has 0 aromatic heterocycles. The number of rotatable bonds is 3. The van der Waals surface area contributed by atoms with Gasteiger partial charge in [0.25, 0.3) is 0 Å². The van der Waals surface area contributed by atoms with Crippen LogP contribution in [0.3, 0.4) is 0 Å². The van der Waals surface area contributed by atoms with E-state index in [1.54, 1.807) is 0 Å². The van der Waals surface area contributed by atoms with Crippen LogP contribution in [0.2, 0.25) is 0 Å². The SMILES string of the molecule is CC(C(=O)NCC#N)c1ccccc1. The fourth-order valence-corrected chi connectivity index (χ4v) is 1.17. The van der Waals surface area contributed by atoms with Crippen molar-refractivity contribution in [2.24, 2.45) is 0 Å². The van der Waals surface area contributed by atoms with E-state index in [0.29, 0.717) is 0 Å². The molecule has 1 unspecified atom stereocenters. The number of hydrogen-bond acceptors (Lipinski definition) is 2. The number of benzene rings is 1. The lowest BCUT2D eigenvalue weighted by Gasteiger charge is -2.10. The van der Waals surface area contributed by atoms with Gasteiger partial charge >= 0.3 is 0 Å². The van der Waals surface area contributed by atoms with Gasteiger partial charge in [-0.1, -0.05) is 30.3 Å². The Morgan fingerprint density at radius 1 is 1.50 bits per heavy atom. The fourth-order valence-electron chi connectivity index (χ4n) is 1.17. The van der Waals surface area contributed by atoms with Crippen LogP contribution >= 0.6 is 0 Å². The number of carbonyl (C=O) groups excluding carboxylic acids is 1. The molecule has 0 heterocycles. The topological polar surface area (TPSA) is 52.9 Å². The second kappa shape index (κ2) is 5.03. The van der Waals surface area contributed by atoms with Crippen molar-refractivity contribution in [2.75, 3.05) is 6.54 Å². The molecule has 0 fully saturated rings. The molecule has 0 bridgehead atoms. The molecular weight excluding hydrogens is 176 g/mol. The van der Waals surface area contributed by atoms with E-state index >= 15 is 0 Å². The van der Waals surface area contributed by atoms with E-state index in [0.717, 1.165) is 5.56 Å². The van der Waals surface area contributed by atoms with E-state index in [-0.39, 0.29) is 18.4 Å². The van der Waals surface area contributed by atoms with Gasteiger partial charge in [0.2, 0.25) is 5.91 Å². The van der Waals surface area contributed by atoms with Gasteiger partial charge < -0.3 is 5.32 Å². The van der Waals surface area contributed by atoms with Gasteiger partial charge in [0.1, 0.15) is 6.54 Å². The highest BCUT2D eigenvalue weighted by molar-refractivity contribution is 5.83. The largest absolute Gasteiger partial charge is 0.342 e. The third-order valence-corrected chi connectivity index (χ3v) is 2.03. The van der Waals surface area contributed by atoms with E-state index in [4.69, 9.17) is 5.26 Å². The second-order valence-electron chi connectivity index (χ2n) is 3.01. The van der Waals surface area contributed by atoms with Crippen LogP contribution in [0.15, 0.2) is 30.3 Å². The van der Waals surface area contributed by atoms with Crippen LogP contribution in [0.5, 0.6) is 0 Å². The Labute approximate surface area is 83.4 Å². The normalized spacial score (nSPS) is 11.4. The maximum absolute atomic E-state index is 11.4. The standard InChI is InChI=1S/C11H12N2O/c1-9(11(14)13-8-7-12)10-5-3-2-4-6-10/h2-6,9H,8H2,1H3,(H,13,14). The van der Waals surface area contributed by atoms with E-state index in [2.05, 4.69) is 5.32 Å². The molecule has 72 valence electrons. The van der Waals surface area contributed by atoms with E-state index < -0.39 is 0 Å². The maximum atomic E-state index is 11.4. The number of amides is 1. The zero-order valence-corrected chi connectivity index (χ0v) is 8.03. The number of hydrogen-bond donors (Lipinski definition) is 1. The smallest absolute Gasteiger partial charge is 0.228 e. The van der Waals surface area contributed by atoms with Crippen molar-refractivity contribution >= 4 is 5.91 Å². The van der Waals surface area contributed by atoms with Crippen molar-refractivity contribution in [3.05, 3.63) is 35.9 Å². The maximum Gasteiger partial charge on any atom is 0.228 e. The van der Waals surface area contributed by atoms with Crippen molar-refractivity contribution in [3.8, 4) is 6.07 Å². The minimum Gasteiger partial charge on any atom is -0.342 e. The predicted molar refractivity (Wildman–Crippen MR) is 53.5 cm³/mol. The van der Waals surface area contributed by atoms with E-state index in [1.807, 2.05) is 43.3 Å². The molecule has 0 radical (unpaired) electrons. The second-order valence-corrected chi connectivity index (χ2v) is 3.01. The van der Waals surface area contributed by atoms with Crippen molar-refractivity contribution in [2.45, 2.75) is 12.8 Å². The number of nitrogens with one attached hydrogen (secondary N) is 1. The molecule has 14 heavy (non-hydrogen) atoms. The van der Waals surface area contributed by atoms with Crippen molar-refractivity contribution in [1.29, 1.82) is 5.26 Å². The molecule has 0 aliphatic carbocycles. The summed E-state index contributed by atoms with van der Waals surface area (Å²) in [6.07, 6.45) is 0. The first-order valence-corrected chi connectivity index (χ1v) is 4.45. The monoisotopic (exact) mass is 188 g/mol. The van der Waals surface area contributed by atoms with Crippen LogP contribution in [0, 0.1) is 11.3 Å². The summed E-state index contributed by atoms with van der Waals surface area (Å²) in [5.74, 6) is -0.317. The summed E-state index contributed by atoms with van der Waals surface area (Å²) in [5.41, 5.74) is 0.961. The summed E-state index contributed by atoms with van der Waals surface area (Å²) in [7, 11) is 0. The predicted octanol–water partition coefficient (Wildman–Crippen LogP) is 1.43. The minimum atomic E-state index is -0.204. The first-order chi connectivity index (χ1) is 6.75. The first-order valence-electron chi connectivity index (χ1n) is 4.45. The van der Waals surface area contributed by atoms with Gasteiger partial charge in [0.05, 0.1) is 12.0 Å². The molecule has 3 nitrogen and oxygen atoms in total. The Hall–Kier alpha value is -1.82. The minimum absolute atomic E-state index is 0.0655. The highest BCUT2D eigenvalue weighted by Crippen LogP contribution is 2.13. The van der Waals surface area contributed by atoms with E-state index in [1.165, 1.54) is 0 Å². The molecule has 1 aromatic rings. The number of carbonyl (C=O) groups is 1. The van der Waals surface area contributed by atoms with Gasteiger partial charge in [-0.05, 0) is 12.5 Å². The van der Waals surface area contributed by atoms with Gasteiger partial charge in [0.15, 0.2) is 0 Å². The summed E-state index contributed by atoms with van der Waals surface area (Å²) in [5, 5.41) is 10.8. The third kappa shape index (κ3) is 2.60. The summed E-state index contributed by atoms with van der Waals surface area (Å²) < 4.78 is 0. The zero-order chi connectivity index (χ0) is 10.4. The van der Waals surface area contributed by atoms with Gasteiger partial charge in [-0.15, -0.1) is 0 Å². The molecule has 0 saturated carbocycles. The van der Waals surface area contributed by atoms with Crippen LogP contribution in [0.4, 0.5) is 0 Å². The van der Waals surface area contributed by atoms with Crippen LogP contribution in [-0.4, -0.2) is 12.5 Å². The molecule has 3 heteroatoms. The van der Waals surface area contributed by atoms with Crippen molar-refractivity contribution < 1.29 is 4.79 Å². The molecular formula is C11H12N2O. The van der Waals surface area contributed by atoms with Crippen LogP contribution in [0.25, 0.3) is 0 Å². The summed E-state index contributed by atoms with van der Waals surface area (Å²) in [6, 6.07) is 11.4. The van der Waals surface area contributed by atoms with E-state index in [9.17, 15) is 4.79 Å². The van der Waals surface area contributed by atoms with Crippen LogP contribution in [0.1, 0.15) is 18.4 Å². The highest BCUT2D eigenvalue weighted by atomic mass is 16.1. The average Bonchev–Trinajstić information content (AvgIpc) is 2.26. The van der Waals surface area contributed by atoms with Crippen LogP contribution < -0.4 is 5.32 Å². The molecule has 0 saturated heterocycles. The van der Waals surface area contributed by atoms with Crippen LogP contribution in [-0.2, 0) is 4.79 Å². The molecule has 0 spiro atoms. The van der Waals surface area contributed by atoms with Crippen molar-refractivity contribution in [1.82, 2.24) is 5.32 Å². The van der Waals surface area contributed by atoms with Gasteiger partial charge in [0, 0.05) is 0 Å². The first kappa shape index (κ1) is 10.3. The average molecular weight is 188 g/mol.